The van der Waals surface area contributed by atoms with Gasteiger partial charge in [-0.25, -0.2) is 4.98 Å². The van der Waals surface area contributed by atoms with Gasteiger partial charge in [0.25, 0.3) is 0 Å². The molecule has 0 spiro atoms. The summed E-state index contributed by atoms with van der Waals surface area (Å²) in [6, 6.07) is 0. The first-order chi connectivity index (χ1) is 6.74. The van der Waals surface area contributed by atoms with E-state index < -0.39 is 8.32 Å². The minimum absolute atomic E-state index is 0.237. The highest BCUT2D eigenvalue weighted by molar-refractivity contribution is 6.74. The quantitative estimate of drug-likeness (QED) is 0.741. The molecule has 1 aromatic heterocycles. The summed E-state index contributed by atoms with van der Waals surface area (Å²) < 4.78 is 11.3. The maximum atomic E-state index is 6.02. The second kappa shape index (κ2) is 4.10. The minimum atomic E-state index is -1.67. The van der Waals surface area contributed by atoms with Gasteiger partial charge in [-0.15, -0.1) is 0 Å². The molecule has 4 heteroatoms. The summed E-state index contributed by atoms with van der Waals surface area (Å²) in [6.07, 6.45) is 1.47. The predicted molar refractivity (Wildman–Crippen MR) is 63.2 cm³/mol. The second-order valence-corrected chi connectivity index (χ2v) is 10.2. The molecule has 1 rings (SSSR count). The van der Waals surface area contributed by atoms with Crippen molar-refractivity contribution in [2.45, 2.75) is 52.4 Å². The molecule has 3 nitrogen and oxygen atoms in total. The Morgan fingerprint density at radius 3 is 2.40 bits per heavy atom. The van der Waals surface area contributed by atoms with Gasteiger partial charge < -0.3 is 8.84 Å². The molecule has 0 saturated heterocycles. The van der Waals surface area contributed by atoms with E-state index in [9.17, 15) is 0 Å². The molecule has 0 aliphatic rings. The van der Waals surface area contributed by atoms with Crippen molar-refractivity contribution in [3.8, 4) is 0 Å². The van der Waals surface area contributed by atoms with Crippen molar-refractivity contribution in [2.75, 3.05) is 0 Å². The van der Waals surface area contributed by atoms with Gasteiger partial charge in [-0.3, -0.25) is 0 Å². The van der Waals surface area contributed by atoms with Crippen LogP contribution in [0.1, 0.15) is 32.2 Å². The van der Waals surface area contributed by atoms with Gasteiger partial charge >= 0.3 is 0 Å². The van der Waals surface area contributed by atoms with Crippen LogP contribution in [0.25, 0.3) is 0 Å². The Morgan fingerprint density at radius 2 is 2.00 bits per heavy atom. The van der Waals surface area contributed by atoms with Crippen LogP contribution in [0.15, 0.2) is 10.8 Å². The van der Waals surface area contributed by atoms with E-state index in [1.54, 1.807) is 0 Å². The lowest BCUT2D eigenvalue weighted by atomic mass is 10.2. The maximum Gasteiger partial charge on any atom is 0.192 e. The molecule has 0 fully saturated rings. The summed E-state index contributed by atoms with van der Waals surface area (Å²) in [5.41, 5.74) is 0.925. The van der Waals surface area contributed by atoms with E-state index in [2.05, 4.69) is 38.8 Å². The molecule has 0 radical (unpaired) electrons. The summed E-state index contributed by atoms with van der Waals surface area (Å²) in [5.74, 6) is 0.847. The molecule has 0 aliphatic heterocycles. The third-order valence-corrected chi connectivity index (χ3v) is 7.69. The maximum absolute atomic E-state index is 6.02. The van der Waals surface area contributed by atoms with E-state index >= 15 is 0 Å². The Hall–Kier alpha value is -0.613. The zero-order valence-electron chi connectivity index (χ0n) is 10.5. The molecule has 1 heterocycles. The Kier molecular flexibility index (Phi) is 3.40. The largest absolute Gasteiger partial charge is 0.446 e. The van der Waals surface area contributed by atoms with Crippen molar-refractivity contribution in [3.63, 3.8) is 0 Å². The van der Waals surface area contributed by atoms with Gasteiger partial charge in [0, 0.05) is 0 Å². The lowest BCUT2D eigenvalue weighted by Gasteiger charge is -2.35. The summed E-state index contributed by atoms with van der Waals surface area (Å²) >= 11 is 0. The van der Waals surface area contributed by atoms with Crippen LogP contribution >= 0.6 is 0 Å². The first-order valence-electron chi connectivity index (χ1n) is 5.27. The Labute approximate surface area is 93.0 Å². The third-order valence-electron chi connectivity index (χ3n) is 3.22. The molecule has 0 atom stereocenters. The van der Waals surface area contributed by atoms with Crippen LogP contribution < -0.4 is 0 Å². The molecule has 0 saturated carbocycles. The summed E-state index contributed by atoms with van der Waals surface area (Å²) in [4.78, 5) is 4.05. The smallest absolute Gasteiger partial charge is 0.192 e. The van der Waals surface area contributed by atoms with Gasteiger partial charge in [0.2, 0.25) is 0 Å². The third kappa shape index (κ3) is 2.92. The van der Waals surface area contributed by atoms with Crippen LogP contribution in [-0.2, 0) is 11.0 Å². The van der Waals surface area contributed by atoms with Gasteiger partial charge in [0.05, 0.1) is 12.3 Å². The highest BCUT2D eigenvalue weighted by atomic mass is 28.4. The summed E-state index contributed by atoms with van der Waals surface area (Å²) in [7, 11) is -1.67. The summed E-state index contributed by atoms with van der Waals surface area (Å²) in [6.45, 7) is 13.6. The van der Waals surface area contributed by atoms with Gasteiger partial charge in [-0.2, -0.15) is 0 Å². The van der Waals surface area contributed by atoms with Gasteiger partial charge in [0.1, 0.15) is 0 Å². The molecular weight excluding hydrogens is 206 g/mol. The molecule has 1 aromatic rings. The zero-order valence-corrected chi connectivity index (χ0v) is 11.5. The molecule has 0 amide bonds. The predicted octanol–water partition coefficient (Wildman–Crippen LogP) is 3.50. The Bertz CT molecular complexity index is 326. The normalized spacial score (nSPS) is 13.2. The average molecular weight is 227 g/mol. The van der Waals surface area contributed by atoms with Gasteiger partial charge in [-0.1, -0.05) is 20.8 Å². The van der Waals surface area contributed by atoms with Crippen LogP contribution in [0.3, 0.4) is 0 Å². The van der Waals surface area contributed by atoms with E-state index in [0.717, 1.165) is 11.5 Å². The number of oxazole rings is 1. The zero-order chi connectivity index (χ0) is 11.7. The van der Waals surface area contributed by atoms with Gasteiger partial charge in [0.15, 0.2) is 20.5 Å². The highest BCUT2D eigenvalue weighted by Crippen LogP contribution is 2.37. The van der Waals surface area contributed by atoms with E-state index in [1.807, 2.05) is 6.92 Å². The van der Waals surface area contributed by atoms with Crippen LogP contribution in [0.4, 0.5) is 0 Å². The molecule has 0 unspecified atom stereocenters. The van der Waals surface area contributed by atoms with Crippen LogP contribution in [0.2, 0.25) is 18.1 Å². The van der Waals surface area contributed by atoms with E-state index in [0.29, 0.717) is 6.61 Å². The molecule has 0 aromatic carbocycles. The number of hydrogen-bond acceptors (Lipinski definition) is 3. The van der Waals surface area contributed by atoms with Crippen molar-refractivity contribution < 1.29 is 8.84 Å². The molecule has 0 bridgehead atoms. The minimum Gasteiger partial charge on any atom is -0.446 e. The van der Waals surface area contributed by atoms with E-state index in [1.165, 1.54) is 6.39 Å². The van der Waals surface area contributed by atoms with Crippen molar-refractivity contribution in [1.29, 1.82) is 0 Å². The monoisotopic (exact) mass is 227 g/mol. The molecule has 0 N–H and O–H groups in total. The van der Waals surface area contributed by atoms with Crippen molar-refractivity contribution in [2.24, 2.45) is 0 Å². The fourth-order valence-electron chi connectivity index (χ4n) is 0.927. The molecular formula is C11H21NO2Si. The van der Waals surface area contributed by atoms with E-state index in [-0.39, 0.29) is 5.04 Å². The first-order valence-corrected chi connectivity index (χ1v) is 8.18. The highest BCUT2D eigenvalue weighted by Gasteiger charge is 2.37. The molecule has 15 heavy (non-hydrogen) atoms. The number of nitrogens with zero attached hydrogens (tertiary/aromatic N) is 1. The van der Waals surface area contributed by atoms with Crippen molar-refractivity contribution in [3.05, 3.63) is 17.8 Å². The molecule has 0 aliphatic carbocycles. The average Bonchev–Trinajstić information content (AvgIpc) is 2.46. The fourth-order valence-corrected chi connectivity index (χ4v) is 1.85. The first kappa shape index (κ1) is 12.5. The van der Waals surface area contributed by atoms with Crippen LogP contribution in [0.5, 0.6) is 0 Å². The van der Waals surface area contributed by atoms with E-state index in [4.69, 9.17) is 8.84 Å². The fraction of sp³-hybridized carbons (Fsp3) is 0.727. The number of aryl methyl sites for hydroxylation is 1. The SMILES string of the molecule is Cc1ncoc1CO[Si](C)(C)C(C)(C)C. The van der Waals surface area contributed by atoms with Gasteiger partial charge in [-0.05, 0) is 25.1 Å². The lowest BCUT2D eigenvalue weighted by Crippen LogP contribution is -2.40. The molecule has 86 valence electrons. The second-order valence-electron chi connectivity index (χ2n) is 5.41. The number of hydrogen-bond donors (Lipinski definition) is 0. The number of rotatable bonds is 3. The van der Waals surface area contributed by atoms with Crippen molar-refractivity contribution >= 4 is 8.32 Å². The topological polar surface area (TPSA) is 35.3 Å². The lowest BCUT2D eigenvalue weighted by molar-refractivity contribution is 0.245. The Balaban J connectivity index is 2.61. The summed E-state index contributed by atoms with van der Waals surface area (Å²) in [5, 5.41) is 0.237. The van der Waals surface area contributed by atoms with Crippen LogP contribution in [-0.4, -0.2) is 13.3 Å². The Morgan fingerprint density at radius 1 is 1.40 bits per heavy atom. The standard InChI is InChI=1S/C11H21NO2Si/c1-9-10(13-8-12-9)7-14-15(5,6)11(2,3)4/h8H,7H2,1-6H3. The van der Waals surface area contributed by atoms with Crippen molar-refractivity contribution in [1.82, 2.24) is 4.98 Å². The number of aromatic nitrogens is 1. The van der Waals surface area contributed by atoms with Crippen LogP contribution in [0, 0.1) is 6.92 Å².